The zero-order valence-corrected chi connectivity index (χ0v) is 16.8. The molecule has 1 aliphatic heterocycles. The Balaban J connectivity index is 1.70. The van der Waals surface area contributed by atoms with E-state index in [-0.39, 0.29) is 11.9 Å². The molecule has 0 spiro atoms. The van der Waals surface area contributed by atoms with E-state index in [1.807, 2.05) is 6.07 Å². The summed E-state index contributed by atoms with van der Waals surface area (Å²) >= 11 is 5.49. The van der Waals surface area contributed by atoms with Crippen molar-refractivity contribution in [2.75, 3.05) is 38.5 Å². The zero-order chi connectivity index (χ0) is 19.2. The van der Waals surface area contributed by atoms with E-state index in [9.17, 15) is 4.39 Å². The van der Waals surface area contributed by atoms with E-state index in [1.165, 1.54) is 30.8 Å². The molecule has 0 amide bonds. The summed E-state index contributed by atoms with van der Waals surface area (Å²) in [5, 5.41) is 7.04. The molecule has 0 unspecified atom stereocenters. The van der Waals surface area contributed by atoms with Gasteiger partial charge < -0.3 is 20.4 Å². The summed E-state index contributed by atoms with van der Waals surface area (Å²) in [6.07, 6.45) is 0. The van der Waals surface area contributed by atoms with Crippen molar-refractivity contribution in [2.24, 2.45) is 0 Å². The molecule has 144 valence electrons. The number of nitrogens with one attached hydrogen (secondary N) is 4. The number of piperazine rings is 1. The van der Waals surface area contributed by atoms with Crippen molar-refractivity contribution in [3.05, 3.63) is 66.0 Å². The maximum absolute atomic E-state index is 13.4. The van der Waals surface area contributed by atoms with Gasteiger partial charge in [-0.25, -0.2) is 4.39 Å². The molecule has 2 atom stereocenters. The van der Waals surface area contributed by atoms with Gasteiger partial charge in [0.1, 0.15) is 38.0 Å². The van der Waals surface area contributed by atoms with Gasteiger partial charge in [-0.1, -0.05) is 36.4 Å². The summed E-state index contributed by atoms with van der Waals surface area (Å²) in [7, 11) is 2.26. The standard InChI is InChI=1S/C21H27FN4S/c1-16(23-21(27)24-19-10-6-9-18(22)15-19)20(17-7-4-3-5-8-17)26-13-11-25(2)12-14-26/h3-10,15-16,20H,11-14H2,1-2H3,(H2,23,24,27)/p+2/t16-,20-/m0/s1. The molecular formula is C21H29FN4S+2. The maximum Gasteiger partial charge on any atom is 0.171 e. The van der Waals surface area contributed by atoms with E-state index in [2.05, 4.69) is 54.9 Å². The van der Waals surface area contributed by atoms with Crippen molar-refractivity contribution in [1.29, 1.82) is 0 Å². The van der Waals surface area contributed by atoms with Crippen LogP contribution in [0.15, 0.2) is 54.6 Å². The average Bonchev–Trinajstić information content (AvgIpc) is 2.64. The van der Waals surface area contributed by atoms with Crippen molar-refractivity contribution < 1.29 is 14.2 Å². The smallest absolute Gasteiger partial charge is 0.171 e. The van der Waals surface area contributed by atoms with Crippen LogP contribution in [0.1, 0.15) is 18.5 Å². The van der Waals surface area contributed by atoms with Crippen LogP contribution in [0.25, 0.3) is 0 Å². The van der Waals surface area contributed by atoms with Gasteiger partial charge in [-0.2, -0.15) is 0 Å². The number of benzene rings is 2. The second kappa shape index (κ2) is 9.26. The number of likely N-dealkylation sites (N-methyl/N-ethyl adjacent to an activating group) is 1. The SMILES string of the molecule is C[C@H](NC(=S)Nc1cccc(F)c1)[C@@H](c1ccccc1)[NH+]1CC[NH+](C)CC1. The van der Waals surface area contributed by atoms with Gasteiger partial charge in [0.05, 0.1) is 13.1 Å². The van der Waals surface area contributed by atoms with E-state index < -0.39 is 0 Å². The van der Waals surface area contributed by atoms with E-state index in [1.54, 1.807) is 15.9 Å². The maximum atomic E-state index is 13.4. The molecule has 1 heterocycles. The molecule has 1 saturated heterocycles. The fourth-order valence-corrected chi connectivity index (χ4v) is 4.17. The Morgan fingerprint density at radius 3 is 2.41 bits per heavy atom. The fourth-order valence-electron chi connectivity index (χ4n) is 3.87. The molecule has 4 N–H and O–H groups in total. The zero-order valence-electron chi connectivity index (χ0n) is 16.0. The summed E-state index contributed by atoms with van der Waals surface area (Å²) in [6, 6.07) is 17.5. The Bertz CT molecular complexity index is 747. The molecule has 3 rings (SSSR count). The molecule has 6 heteroatoms. The number of quaternary nitrogens is 2. The van der Waals surface area contributed by atoms with Gasteiger partial charge >= 0.3 is 0 Å². The quantitative estimate of drug-likeness (QED) is 0.568. The monoisotopic (exact) mass is 388 g/mol. The summed E-state index contributed by atoms with van der Waals surface area (Å²) in [4.78, 5) is 3.18. The van der Waals surface area contributed by atoms with Crippen LogP contribution in [0.5, 0.6) is 0 Å². The van der Waals surface area contributed by atoms with Gasteiger partial charge in [-0.3, -0.25) is 0 Å². The third kappa shape index (κ3) is 5.48. The molecule has 0 saturated carbocycles. The lowest BCUT2D eigenvalue weighted by Crippen LogP contribution is -3.27. The van der Waals surface area contributed by atoms with Gasteiger partial charge in [0.15, 0.2) is 5.11 Å². The third-order valence-electron chi connectivity index (χ3n) is 5.29. The van der Waals surface area contributed by atoms with Gasteiger partial charge in [0, 0.05) is 11.3 Å². The predicted octanol–water partition coefficient (Wildman–Crippen LogP) is 0.655. The average molecular weight is 389 g/mol. The molecule has 0 aromatic heterocycles. The molecule has 0 radical (unpaired) electrons. The lowest BCUT2D eigenvalue weighted by molar-refractivity contribution is -1.02. The van der Waals surface area contributed by atoms with Crippen LogP contribution in [0.2, 0.25) is 0 Å². The second-order valence-electron chi connectivity index (χ2n) is 7.40. The number of hydrogen-bond acceptors (Lipinski definition) is 1. The molecule has 2 aromatic rings. The number of halogens is 1. The van der Waals surface area contributed by atoms with Gasteiger partial charge in [0.25, 0.3) is 0 Å². The normalized spacial score (nSPS) is 21.9. The number of thiocarbonyl (C=S) groups is 1. The van der Waals surface area contributed by atoms with E-state index >= 15 is 0 Å². The first-order valence-corrected chi connectivity index (χ1v) is 9.97. The summed E-state index contributed by atoms with van der Waals surface area (Å²) in [5.41, 5.74) is 1.98. The Morgan fingerprint density at radius 2 is 1.74 bits per heavy atom. The molecule has 1 fully saturated rings. The van der Waals surface area contributed by atoms with Crippen LogP contribution in [-0.2, 0) is 0 Å². The molecule has 27 heavy (non-hydrogen) atoms. The highest BCUT2D eigenvalue weighted by molar-refractivity contribution is 7.80. The van der Waals surface area contributed by atoms with E-state index in [0.717, 1.165) is 13.1 Å². The number of anilines is 1. The van der Waals surface area contributed by atoms with Crippen LogP contribution >= 0.6 is 12.2 Å². The molecule has 2 aromatic carbocycles. The molecule has 1 aliphatic rings. The second-order valence-corrected chi connectivity index (χ2v) is 7.81. The predicted molar refractivity (Wildman–Crippen MR) is 112 cm³/mol. The van der Waals surface area contributed by atoms with Crippen LogP contribution in [0.4, 0.5) is 10.1 Å². The Labute approximate surface area is 166 Å². The summed E-state index contributed by atoms with van der Waals surface area (Å²) in [6.45, 7) is 6.81. The molecular weight excluding hydrogens is 359 g/mol. The first kappa shape index (κ1) is 19.7. The van der Waals surface area contributed by atoms with Gasteiger partial charge in [-0.15, -0.1) is 0 Å². The van der Waals surface area contributed by atoms with E-state index in [0.29, 0.717) is 16.8 Å². The van der Waals surface area contributed by atoms with Crippen LogP contribution < -0.4 is 20.4 Å². The number of hydrogen-bond donors (Lipinski definition) is 4. The van der Waals surface area contributed by atoms with Crippen LogP contribution in [0, 0.1) is 5.82 Å². The van der Waals surface area contributed by atoms with Crippen molar-refractivity contribution in [2.45, 2.75) is 19.0 Å². The topological polar surface area (TPSA) is 32.9 Å². The van der Waals surface area contributed by atoms with Crippen molar-refractivity contribution in [1.82, 2.24) is 5.32 Å². The van der Waals surface area contributed by atoms with Gasteiger partial charge in [0.2, 0.25) is 0 Å². The lowest BCUT2D eigenvalue weighted by atomic mass is 9.98. The van der Waals surface area contributed by atoms with Crippen molar-refractivity contribution in [3.63, 3.8) is 0 Å². The third-order valence-corrected chi connectivity index (χ3v) is 5.51. The fraction of sp³-hybridized carbons (Fsp3) is 0.381. The molecule has 4 nitrogen and oxygen atoms in total. The minimum absolute atomic E-state index is 0.148. The Morgan fingerprint density at radius 1 is 1.04 bits per heavy atom. The minimum Gasteiger partial charge on any atom is -0.354 e. The highest BCUT2D eigenvalue weighted by atomic mass is 32.1. The largest absolute Gasteiger partial charge is 0.354 e. The summed E-state index contributed by atoms with van der Waals surface area (Å²) in [5.74, 6) is -0.276. The first-order chi connectivity index (χ1) is 13.0. The van der Waals surface area contributed by atoms with Crippen LogP contribution in [0.3, 0.4) is 0 Å². The first-order valence-electron chi connectivity index (χ1n) is 9.57. The minimum atomic E-state index is -0.276. The van der Waals surface area contributed by atoms with Crippen LogP contribution in [-0.4, -0.2) is 44.4 Å². The Kier molecular flexibility index (Phi) is 6.77. The van der Waals surface area contributed by atoms with Crippen molar-refractivity contribution in [3.8, 4) is 0 Å². The lowest BCUT2D eigenvalue weighted by Gasteiger charge is -2.37. The van der Waals surface area contributed by atoms with Gasteiger partial charge in [-0.05, 0) is 37.3 Å². The van der Waals surface area contributed by atoms with E-state index in [4.69, 9.17) is 12.2 Å². The Hall–Kier alpha value is -2.02. The molecule has 0 bridgehead atoms. The number of rotatable bonds is 5. The van der Waals surface area contributed by atoms with Crippen molar-refractivity contribution >= 4 is 23.0 Å². The summed E-state index contributed by atoms with van der Waals surface area (Å²) < 4.78 is 13.4. The highest BCUT2D eigenvalue weighted by Gasteiger charge is 2.33. The molecule has 0 aliphatic carbocycles. The highest BCUT2D eigenvalue weighted by Crippen LogP contribution is 2.15.